The molecule has 4 aliphatic rings. The highest BCUT2D eigenvalue weighted by Gasteiger charge is 2.59. The van der Waals surface area contributed by atoms with Crippen LogP contribution in [0.15, 0.2) is 236 Å². The fraction of sp³-hybridized carbons (Fsp3) is 0.0645. The predicted octanol–water partition coefficient (Wildman–Crippen LogP) is 15.4. The normalized spacial score (nSPS) is 15.6. The third-order valence-electron chi connectivity index (χ3n) is 14.9. The molecule has 0 N–H and O–H groups in total. The third-order valence-corrected chi connectivity index (χ3v) is 14.9. The maximum Gasteiger partial charge on any atom is 0.0717 e. The van der Waals surface area contributed by atoms with Gasteiger partial charge in [-0.1, -0.05) is 188 Å². The summed E-state index contributed by atoms with van der Waals surface area (Å²) < 4.78 is 2.56. The Morgan fingerprint density at radius 2 is 0.825 bits per heavy atom. The summed E-state index contributed by atoms with van der Waals surface area (Å²) in [5.74, 6) is 0. The molecule has 2 spiro atoms. The fourth-order valence-electron chi connectivity index (χ4n) is 12.6. The molecule has 0 fully saturated rings. The van der Waals surface area contributed by atoms with Gasteiger partial charge in [0.25, 0.3) is 0 Å². The van der Waals surface area contributed by atoms with Crippen LogP contribution in [0.1, 0.15) is 46.2 Å². The molecule has 0 radical (unpaired) electrons. The first-order valence-electron chi connectivity index (χ1n) is 22.4. The van der Waals surface area contributed by atoms with Crippen LogP contribution >= 0.6 is 0 Å². The Kier molecular flexibility index (Phi) is 7.15. The zero-order chi connectivity index (χ0) is 41.3. The molecular weight excluding hydrogens is 759 g/mol. The minimum atomic E-state index is -0.525. The van der Waals surface area contributed by atoms with Gasteiger partial charge in [-0.25, -0.2) is 0 Å². The monoisotopic (exact) mass is 799 g/mol. The van der Waals surface area contributed by atoms with Crippen molar-refractivity contribution in [3.63, 3.8) is 0 Å². The molecule has 9 aromatic carbocycles. The van der Waals surface area contributed by atoms with Gasteiger partial charge in [0, 0.05) is 16.5 Å². The molecular formula is C62H41N. The summed E-state index contributed by atoms with van der Waals surface area (Å²) in [4.78, 5) is 0. The molecule has 294 valence electrons. The number of para-hydroxylation sites is 1. The minimum Gasteiger partial charge on any atom is -0.309 e. The molecule has 0 saturated heterocycles. The Morgan fingerprint density at radius 3 is 1.40 bits per heavy atom. The van der Waals surface area contributed by atoms with Crippen molar-refractivity contribution in [2.24, 2.45) is 0 Å². The number of aromatic nitrogens is 1. The summed E-state index contributed by atoms with van der Waals surface area (Å²) in [7, 11) is 0. The van der Waals surface area contributed by atoms with E-state index in [0.717, 1.165) is 18.5 Å². The lowest BCUT2D eigenvalue weighted by molar-refractivity contribution is 0.591. The van der Waals surface area contributed by atoms with Crippen molar-refractivity contribution >= 4 is 21.8 Å². The summed E-state index contributed by atoms with van der Waals surface area (Å²) in [5, 5.41) is 2.54. The van der Waals surface area contributed by atoms with E-state index in [4.69, 9.17) is 0 Å². The first-order valence-corrected chi connectivity index (χ1v) is 22.4. The van der Waals surface area contributed by atoms with Gasteiger partial charge in [0.1, 0.15) is 0 Å². The Morgan fingerprint density at radius 1 is 0.349 bits per heavy atom. The van der Waals surface area contributed by atoms with Crippen molar-refractivity contribution in [1.29, 1.82) is 0 Å². The molecule has 0 unspecified atom stereocenters. The van der Waals surface area contributed by atoms with Gasteiger partial charge in [-0.15, -0.1) is 0 Å². The lowest BCUT2D eigenvalue weighted by atomic mass is 9.51. The summed E-state index contributed by atoms with van der Waals surface area (Å²) in [6.45, 7) is 0. The van der Waals surface area contributed by atoms with Gasteiger partial charge >= 0.3 is 0 Å². The maximum atomic E-state index is 2.65. The topological polar surface area (TPSA) is 4.93 Å². The van der Waals surface area contributed by atoms with Crippen molar-refractivity contribution in [3.8, 4) is 50.2 Å². The van der Waals surface area contributed by atoms with E-state index >= 15 is 0 Å². The van der Waals surface area contributed by atoms with E-state index in [-0.39, 0.29) is 0 Å². The van der Waals surface area contributed by atoms with Crippen LogP contribution in [0.25, 0.3) is 72.0 Å². The van der Waals surface area contributed by atoms with Gasteiger partial charge < -0.3 is 4.57 Å². The van der Waals surface area contributed by atoms with E-state index in [1.165, 1.54) is 111 Å². The molecule has 0 aliphatic heterocycles. The van der Waals surface area contributed by atoms with E-state index in [1.807, 2.05) is 0 Å². The second kappa shape index (κ2) is 12.9. The van der Waals surface area contributed by atoms with Crippen molar-refractivity contribution in [2.75, 3.05) is 0 Å². The summed E-state index contributed by atoms with van der Waals surface area (Å²) in [6.07, 6.45) is 6.99. The minimum absolute atomic E-state index is 0.467. The van der Waals surface area contributed by atoms with Gasteiger partial charge in [0.05, 0.1) is 21.9 Å². The van der Waals surface area contributed by atoms with Gasteiger partial charge in [-0.2, -0.15) is 0 Å². The number of fused-ring (bicyclic) bond motifs is 18. The Labute approximate surface area is 367 Å². The van der Waals surface area contributed by atoms with Crippen LogP contribution in [-0.2, 0) is 10.8 Å². The van der Waals surface area contributed by atoms with Gasteiger partial charge in [0.2, 0.25) is 0 Å². The molecule has 1 aromatic heterocycles. The van der Waals surface area contributed by atoms with E-state index in [2.05, 4.69) is 229 Å². The highest BCUT2D eigenvalue weighted by atomic mass is 15.0. The molecule has 1 nitrogen and oxygen atoms in total. The largest absolute Gasteiger partial charge is 0.309 e. The number of hydrogen-bond donors (Lipinski definition) is 0. The molecule has 63 heavy (non-hydrogen) atoms. The third kappa shape index (κ3) is 4.46. The molecule has 0 bridgehead atoms. The fourth-order valence-corrected chi connectivity index (χ4v) is 12.6. The van der Waals surface area contributed by atoms with Gasteiger partial charge in [-0.05, 0) is 138 Å². The Bertz CT molecular complexity index is 3470. The second-order valence-electron chi connectivity index (χ2n) is 17.8. The maximum absolute atomic E-state index is 2.65. The zero-order valence-electron chi connectivity index (χ0n) is 34.7. The van der Waals surface area contributed by atoms with E-state index in [0.29, 0.717) is 0 Å². The van der Waals surface area contributed by atoms with Crippen molar-refractivity contribution in [1.82, 2.24) is 4.57 Å². The predicted molar refractivity (Wildman–Crippen MR) is 261 cm³/mol. The van der Waals surface area contributed by atoms with Crippen LogP contribution in [0.5, 0.6) is 0 Å². The Balaban J connectivity index is 1.19. The van der Waals surface area contributed by atoms with Gasteiger partial charge in [-0.3, -0.25) is 0 Å². The van der Waals surface area contributed by atoms with Crippen LogP contribution in [0.4, 0.5) is 0 Å². The Hall–Kier alpha value is -7.74. The van der Waals surface area contributed by atoms with Crippen LogP contribution in [0.2, 0.25) is 0 Å². The zero-order valence-corrected chi connectivity index (χ0v) is 34.7. The van der Waals surface area contributed by atoms with Crippen molar-refractivity contribution < 1.29 is 0 Å². The SMILES string of the molecule is C1=CC2=C(CC1)C1(c3ccccc3-c3ccccc31)c1cc3c4ccccc4n(-c4cc(-c5ccccc5)cc(-c5ccccc5)c4)c3cc1C21c2ccccc2-c2ccccc21. The first kappa shape index (κ1) is 34.9. The summed E-state index contributed by atoms with van der Waals surface area (Å²) in [6, 6.07) is 80.4. The lowest BCUT2D eigenvalue weighted by Gasteiger charge is -2.50. The summed E-state index contributed by atoms with van der Waals surface area (Å²) in [5.41, 5.74) is 24.0. The van der Waals surface area contributed by atoms with Crippen LogP contribution in [0, 0.1) is 0 Å². The smallest absolute Gasteiger partial charge is 0.0717 e. The number of allylic oxidation sites excluding steroid dienone is 4. The number of rotatable bonds is 3. The van der Waals surface area contributed by atoms with Crippen molar-refractivity contribution in [3.05, 3.63) is 269 Å². The van der Waals surface area contributed by atoms with Crippen LogP contribution in [0.3, 0.4) is 0 Å². The number of hydrogen-bond acceptors (Lipinski definition) is 0. The highest BCUT2D eigenvalue weighted by molar-refractivity contribution is 6.11. The van der Waals surface area contributed by atoms with E-state index in [9.17, 15) is 0 Å². The molecule has 0 atom stereocenters. The van der Waals surface area contributed by atoms with Crippen LogP contribution < -0.4 is 0 Å². The quantitative estimate of drug-likeness (QED) is 0.168. The summed E-state index contributed by atoms with van der Waals surface area (Å²) >= 11 is 0. The molecule has 0 amide bonds. The van der Waals surface area contributed by atoms with E-state index in [1.54, 1.807) is 0 Å². The second-order valence-corrected chi connectivity index (χ2v) is 17.8. The number of benzene rings is 9. The van der Waals surface area contributed by atoms with Crippen LogP contribution in [-0.4, -0.2) is 4.57 Å². The molecule has 1 heterocycles. The molecule has 0 saturated carbocycles. The molecule has 4 aliphatic carbocycles. The molecule has 10 aromatic rings. The lowest BCUT2D eigenvalue weighted by Crippen LogP contribution is -2.44. The average Bonchev–Trinajstić information content (AvgIpc) is 3.96. The van der Waals surface area contributed by atoms with Gasteiger partial charge in [0.15, 0.2) is 0 Å². The average molecular weight is 800 g/mol. The molecule has 1 heteroatoms. The van der Waals surface area contributed by atoms with Crippen molar-refractivity contribution in [2.45, 2.75) is 23.7 Å². The highest BCUT2D eigenvalue weighted by Crippen LogP contribution is 2.69. The molecule has 14 rings (SSSR count). The first-order chi connectivity index (χ1) is 31.3. The van der Waals surface area contributed by atoms with E-state index < -0.39 is 10.8 Å². The standard InChI is InChI=1S/C62H41N/c1-3-19-40(20-4-1)42-35-43(41-21-5-2-6-22-41)37-44(36-42)63-59-34-18-11-27-49(59)50-38-57-58(39-60(50)63)62(53-30-14-9-25-47(53)48-26-10-15-31-54(48)62)56-33-17-16-32-55(56)61(57)51-28-12-7-23-45(51)46-24-8-13-29-52(46)61/h1-15,17-31,33-39H,16,32H2. The number of nitrogens with zero attached hydrogens (tertiary/aromatic N) is 1.